The van der Waals surface area contributed by atoms with Crippen LogP contribution in [-0.4, -0.2) is 66.5 Å². The van der Waals surface area contributed by atoms with Crippen LogP contribution in [0.25, 0.3) is 0 Å². The number of phosphoric acid groups is 1. The minimum Gasteiger partial charge on any atom is -0.461 e. The number of hydrogen-bond acceptors (Lipinski definition) is 10. The third-order valence-electron chi connectivity index (χ3n) is 12.6. The first-order valence-electron chi connectivity index (χ1n) is 31.1. The van der Waals surface area contributed by atoms with E-state index in [1.807, 2.05) is 12.2 Å². The maximum absolute atomic E-state index is 12.9. The second-order valence-corrected chi connectivity index (χ2v) is 21.6. The van der Waals surface area contributed by atoms with Gasteiger partial charge in [-0.05, 0) is 116 Å². The summed E-state index contributed by atoms with van der Waals surface area (Å²) in [6, 6.07) is 0. The zero-order chi connectivity index (χ0) is 58.3. The SMILES string of the molecule is CC/C=C\C/C=C\C/C=C\C/C=C\C/C=C\CC(=O)OCC(COP(=O)(O)OCC(CO)OC(=O)CCCCCCCCCCC/C=C\C/C=C\CCCCC)OC(=O)CCCCCCCC/C=C\C/C=C\C/C=C\C/C=C\CC. The summed E-state index contributed by atoms with van der Waals surface area (Å²) in [6.45, 7) is 4.26. The Kier molecular flexibility index (Phi) is 57.4. The van der Waals surface area contributed by atoms with E-state index in [9.17, 15) is 28.9 Å². The van der Waals surface area contributed by atoms with Crippen LogP contribution in [0.4, 0.5) is 0 Å². The molecule has 0 aliphatic carbocycles. The minimum atomic E-state index is -4.79. The third-order valence-corrected chi connectivity index (χ3v) is 13.5. The molecule has 0 fully saturated rings. The Morgan fingerprint density at radius 1 is 0.375 bits per heavy atom. The van der Waals surface area contributed by atoms with E-state index in [1.54, 1.807) is 6.08 Å². The van der Waals surface area contributed by atoms with Crippen LogP contribution in [0.1, 0.15) is 239 Å². The predicted octanol–water partition coefficient (Wildman–Crippen LogP) is 18.9. The fraction of sp³-hybridized carbons (Fsp3) is 0.632. The van der Waals surface area contributed by atoms with Gasteiger partial charge in [0.05, 0.1) is 26.2 Å². The van der Waals surface area contributed by atoms with Gasteiger partial charge in [-0.25, -0.2) is 4.57 Å². The molecule has 0 aromatic heterocycles. The van der Waals surface area contributed by atoms with Crippen molar-refractivity contribution in [1.82, 2.24) is 0 Å². The Hall–Kier alpha value is -4.38. The normalized spacial score (nSPS) is 14.2. The Balaban J connectivity index is 4.80. The fourth-order valence-electron chi connectivity index (χ4n) is 7.92. The van der Waals surface area contributed by atoms with Crippen molar-refractivity contribution in [3.8, 4) is 0 Å². The first kappa shape index (κ1) is 75.6. The van der Waals surface area contributed by atoms with Crippen molar-refractivity contribution in [3.63, 3.8) is 0 Å². The van der Waals surface area contributed by atoms with Crippen LogP contribution >= 0.6 is 7.82 Å². The van der Waals surface area contributed by atoms with E-state index in [1.165, 1.54) is 57.8 Å². The van der Waals surface area contributed by atoms with Gasteiger partial charge in [-0.15, -0.1) is 0 Å². The zero-order valence-electron chi connectivity index (χ0n) is 50.2. The van der Waals surface area contributed by atoms with Gasteiger partial charge in [0.15, 0.2) is 6.10 Å². The van der Waals surface area contributed by atoms with Gasteiger partial charge < -0.3 is 24.2 Å². The maximum Gasteiger partial charge on any atom is 0.472 e. The molecular formula is C68H111O11P. The number of aliphatic hydroxyl groups excluding tert-OH is 1. The number of carbonyl (C=O) groups is 3. The molecule has 0 aromatic rings. The van der Waals surface area contributed by atoms with E-state index >= 15 is 0 Å². The van der Waals surface area contributed by atoms with E-state index in [2.05, 4.69) is 136 Å². The third kappa shape index (κ3) is 58.3. The molecule has 0 aliphatic rings. The molecule has 0 rings (SSSR count). The number of phosphoric ester groups is 1. The van der Waals surface area contributed by atoms with Crippen LogP contribution in [0, 0.1) is 0 Å². The van der Waals surface area contributed by atoms with Gasteiger partial charge in [0.1, 0.15) is 12.7 Å². The summed E-state index contributed by atoms with van der Waals surface area (Å²) < 4.78 is 39.5. The number of hydrogen-bond donors (Lipinski definition) is 2. The molecule has 0 amide bonds. The second kappa shape index (κ2) is 60.7. The average Bonchev–Trinajstić information content (AvgIpc) is 3.45. The number of allylic oxidation sites excluding steroid dienone is 21. The van der Waals surface area contributed by atoms with Crippen molar-refractivity contribution in [2.24, 2.45) is 0 Å². The summed E-state index contributed by atoms with van der Waals surface area (Å²) in [7, 11) is -4.79. The van der Waals surface area contributed by atoms with Gasteiger partial charge in [-0.1, -0.05) is 238 Å². The summed E-state index contributed by atoms with van der Waals surface area (Å²) in [4.78, 5) is 48.6. The van der Waals surface area contributed by atoms with Gasteiger partial charge in [-0.2, -0.15) is 0 Å². The van der Waals surface area contributed by atoms with Crippen molar-refractivity contribution < 1.29 is 52.2 Å². The molecule has 3 atom stereocenters. The Bertz CT molecular complexity index is 1850. The predicted molar refractivity (Wildman–Crippen MR) is 334 cm³/mol. The van der Waals surface area contributed by atoms with Gasteiger partial charge >= 0.3 is 25.7 Å². The smallest absolute Gasteiger partial charge is 0.461 e. The number of esters is 3. The number of unbranched alkanes of at least 4 members (excludes halogenated alkanes) is 18. The molecule has 2 N–H and O–H groups in total. The summed E-state index contributed by atoms with van der Waals surface area (Å²) in [5.41, 5.74) is 0. The number of rotatable bonds is 56. The molecule has 12 heteroatoms. The van der Waals surface area contributed by atoms with Gasteiger partial charge in [-0.3, -0.25) is 23.4 Å². The quantitative estimate of drug-likeness (QED) is 0.0197. The molecular weight excluding hydrogens is 1020 g/mol. The molecule has 11 nitrogen and oxygen atoms in total. The molecule has 0 aromatic carbocycles. The van der Waals surface area contributed by atoms with E-state index in [4.69, 9.17) is 23.3 Å². The van der Waals surface area contributed by atoms with Gasteiger partial charge in [0.25, 0.3) is 0 Å². The lowest BCUT2D eigenvalue weighted by molar-refractivity contribution is -0.161. The molecule has 0 bridgehead atoms. The summed E-state index contributed by atoms with van der Waals surface area (Å²) in [5.74, 6) is -1.65. The van der Waals surface area contributed by atoms with Crippen molar-refractivity contribution in [1.29, 1.82) is 0 Å². The van der Waals surface area contributed by atoms with Crippen molar-refractivity contribution in [3.05, 3.63) is 134 Å². The monoisotopic (exact) mass is 1130 g/mol. The molecule has 80 heavy (non-hydrogen) atoms. The summed E-state index contributed by atoms with van der Waals surface area (Å²) in [6.07, 6.45) is 77.2. The highest BCUT2D eigenvalue weighted by atomic mass is 31.2. The van der Waals surface area contributed by atoms with E-state index in [-0.39, 0.29) is 19.3 Å². The van der Waals surface area contributed by atoms with Crippen LogP contribution in [0.5, 0.6) is 0 Å². The lowest BCUT2D eigenvalue weighted by Gasteiger charge is -2.21. The van der Waals surface area contributed by atoms with E-state index in [0.717, 1.165) is 122 Å². The van der Waals surface area contributed by atoms with Crippen LogP contribution in [-0.2, 0) is 42.2 Å². The zero-order valence-corrected chi connectivity index (χ0v) is 51.1. The van der Waals surface area contributed by atoms with E-state index < -0.39 is 64.4 Å². The fourth-order valence-corrected chi connectivity index (χ4v) is 8.70. The van der Waals surface area contributed by atoms with Crippen molar-refractivity contribution >= 4 is 25.7 Å². The Morgan fingerprint density at radius 2 is 0.688 bits per heavy atom. The summed E-state index contributed by atoms with van der Waals surface area (Å²) in [5, 5.41) is 9.85. The van der Waals surface area contributed by atoms with Crippen LogP contribution in [0.15, 0.2) is 134 Å². The molecule has 0 radical (unpaired) electrons. The maximum atomic E-state index is 12.9. The topological polar surface area (TPSA) is 155 Å². The van der Waals surface area contributed by atoms with E-state index in [0.29, 0.717) is 19.3 Å². The van der Waals surface area contributed by atoms with Crippen LogP contribution in [0.3, 0.4) is 0 Å². The number of aliphatic hydroxyl groups is 1. The first-order valence-corrected chi connectivity index (χ1v) is 32.6. The standard InChI is InChI=1S/C68H111O11P/c1-4-7-10-13-16-19-22-25-28-30-32-34-37-40-43-46-49-52-55-58-67(71)78-64(60-69)62-76-80(73,74)77-63-65(61-75-66(70)57-54-51-48-45-42-39-36-27-24-21-18-15-12-9-6-3)79-68(72)59-56-53-50-47-44-41-38-35-33-31-29-26-23-20-17-14-11-8-5-2/h8-9,11-12,16-21,25-29,33,35-36,42,45,51,54,64-65,69H,4-7,10,13-15,22-24,30-32,34,37-41,43-44,46-50,52-53,55-63H2,1-3H3,(H,73,74)/b11-8-,12-9-,19-16-,20-17-,21-18-,28-25-,29-26-,35-33-,36-27-,45-42-,54-51-. The van der Waals surface area contributed by atoms with Gasteiger partial charge in [0, 0.05) is 12.8 Å². The molecule has 0 heterocycles. The minimum absolute atomic E-state index is 0.0157. The lowest BCUT2D eigenvalue weighted by Crippen LogP contribution is -2.30. The second-order valence-electron chi connectivity index (χ2n) is 20.1. The molecule has 0 saturated heterocycles. The lowest BCUT2D eigenvalue weighted by atomic mass is 10.1. The van der Waals surface area contributed by atoms with Crippen LogP contribution in [0.2, 0.25) is 0 Å². The molecule has 0 spiro atoms. The molecule has 3 unspecified atom stereocenters. The first-order chi connectivity index (χ1) is 39.2. The Labute approximate surface area is 487 Å². The summed E-state index contributed by atoms with van der Waals surface area (Å²) >= 11 is 0. The highest BCUT2D eigenvalue weighted by Crippen LogP contribution is 2.43. The largest absolute Gasteiger partial charge is 0.472 e. The van der Waals surface area contributed by atoms with Crippen LogP contribution < -0.4 is 0 Å². The highest BCUT2D eigenvalue weighted by Gasteiger charge is 2.28. The number of carbonyl (C=O) groups excluding carboxylic acids is 3. The Morgan fingerprint density at radius 3 is 1.06 bits per heavy atom. The molecule has 454 valence electrons. The van der Waals surface area contributed by atoms with Crippen molar-refractivity contribution in [2.75, 3.05) is 26.4 Å². The number of ether oxygens (including phenoxy) is 3. The van der Waals surface area contributed by atoms with Crippen molar-refractivity contribution in [2.45, 2.75) is 251 Å². The van der Waals surface area contributed by atoms with Gasteiger partial charge in [0.2, 0.25) is 0 Å². The average molecular weight is 1140 g/mol. The molecule has 0 aliphatic heterocycles. The molecule has 0 saturated carbocycles. The highest BCUT2D eigenvalue weighted by molar-refractivity contribution is 7.47.